The number of hydrogen-bond acceptors (Lipinski definition) is 4. The third-order valence-electron chi connectivity index (χ3n) is 3.00. The van der Waals surface area contributed by atoms with Crippen LogP contribution in [-0.4, -0.2) is 23.2 Å². The molecule has 0 aliphatic rings. The highest BCUT2D eigenvalue weighted by Gasteiger charge is 2.23. The average Bonchev–Trinajstić information content (AvgIpc) is 2.95. The standard InChI is InChI=1S/C14H10Cl2N4O2S/c15-11-7-4-8-12(16)13(11)23(21,22)19-14-18-17-9-20(14)10-5-2-1-3-6-10/h1-9H,(H,18,19). The quantitative estimate of drug-likeness (QED) is 0.765. The van der Waals surface area contributed by atoms with E-state index in [2.05, 4.69) is 14.9 Å². The lowest BCUT2D eigenvalue weighted by Crippen LogP contribution is -2.17. The average molecular weight is 369 g/mol. The molecule has 0 atom stereocenters. The monoisotopic (exact) mass is 368 g/mol. The molecule has 1 heterocycles. The second-order valence-corrected chi connectivity index (χ2v) is 6.95. The van der Waals surface area contributed by atoms with Crippen LogP contribution in [0, 0.1) is 0 Å². The molecule has 0 fully saturated rings. The molecule has 0 aliphatic carbocycles. The molecule has 3 rings (SSSR count). The summed E-state index contributed by atoms with van der Waals surface area (Å²) in [6.45, 7) is 0. The summed E-state index contributed by atoms with van der Waals surface area (Å²) < 4.78 is 29.0. The van der Waals surface area contributed by atoms with Crippen LogP contribution in [0.2, 0.25) is 10.0 Å². The summed E-state index contributed by atoms with van der Waals surface area (Å²) in [5.41, 5.74) is 0.709. The Kier molecular flexibility index (Phi) is 4.25. The maximum absolute atomic E-state index is 12.6. The molecule has 0 unspecified atom stereocenters. The Labute approximate surface area is 142 Å². The van der Waals surface area contributed by atoms with Crippen molar-refractivity contribution in [2.24, 2.45) is 0 Å². The van der Waals surface area contributed by atoms with Crippen LogP contribution in [0.1, 0.15) is 0 Å². The number of sulfonamides is 1. The van der Waals surface area contributed by atoms with Gasteiger partial charge in [-0.05, 0) is 24.3 Å². The second-order valence-electron chi connectivity index (χ2n) is 4.52. The number of halogens is 2. The first-order chi connectivity index (χ1) is 11.0. The SMILES string of the molecule is O=S(=O)(Nc1nncn1-c1ccccc1)c1c(Cl)cccc1Cl. The summed E-state index contributed by atoms with van der Waals surface area (Å²) in [4.78, 5) is -0.203. The topological polar surface area (TPSA) is 76.9 Å². The molecule has 118 valence electrons. The molecule has 0 bridgehead atoms. The molecule has 0 radical (unpaired) electrons. The van der Waals surface area contributed by atoms with E-state index in [0.29, 0.717) is 5.69 Å². The Morgan fingerprint density at radius 1 is 0.957 bits per heavy atom. The maximum atomic E-state index is 12.6. The van der Waals surface area contributed by atoms with Crippen molar-refractivity contribution in [3.05, 3.63) is 64.9 Å². The van der Waals surface area contributed by atoms with E-state index in [1.807, 2.05) is 18.2 Å². The van der Waals surface area contributed by atoms with Crippen molar-refractivity contribution in [2.75, 3.05) is 4.72 Å². The van der Waals surface area contributed by atoms with Gasteiger partial charge in [0.1, 0.15) is 11.2 Å². The summed E-state index contributed by atoms with van der Waals surface area (Å²) in [6.07, 6.45) is 1.40. The summed E-state index contributed by atoms with van der Waals surface area (Å²) in [7, 11) is -4.01. The Hall–Kier alpha value is -2.09. The van der Waals surface area contributed by atoms with Crippen molar-refractivity contribution in [3.63, 3.8) is 0 Å². The zero-order valence-corrected chi connectivity index (χ0v) is 13.8. The van der Waals surface area contributed by atoms with Gasteiger partial charge in [-0.25, -0.2) is 13.1 Å². The van der Waals surface area contributed by atoms with Crippen LogP contribution in [0.4, 0.5) is 5.95 Å². The van der Waals surface area contributed by atoms with E-state index < -0.39 is 10.0 Å². The van der Waals surface area contributed by atoms with Gasteiger partial charge < -0.3 is 0 Å². The number of nitrogens with zero attached hydrogens (tertiary/aromatic N) is 3. The summed E-state index contributed by atoms with van der Waals surface area (Å²) in [5.74, 6) is 0.0344. The normalized spacial score (nSPS) is 11.4. The summed E-state index contributed by atoms with van der Waals surface area (Å²) in [5, 5.41) is 7.59. The maximum Gasteiger partial charge on any atom is 0.267 e. The zero-order valence-electron chi connectivity index (χ0n) is 11.5. The highest BCUT2D eigenvalue weighted by Crippen LogP contribution is 2.30. The predicted octanol–water partition coefficient (Wildman–Crippen LogP) is 3.37. The number of anilines is 1. The molecule has 0 saturated carbocycles. The molecule has 6 nitrogen and oxygen atoms in total. The predicted molar refractivity (Wildman–Crippen MR) is 88.6 cm³/mol. The van der Waals surface area contributed by atoms with Gasteiger partial charge in [0.2, 0.25) is 5.95 Å². The fourth-order valence-corrected chi connectivity index (χ4v) is 4.13. The van der Waals surface area contributed by atoms with Crippen molar-refractivity contribution >= 4 is 39.2 Å². The number of nitrogens with one attached hydrogen (secondary N) is 1. The van der Waals surface area contributed by atoms with Gasteiger partial charge in [-0.3, -0.25) is 4.57 Å². The van der Waals surface area contributed by atoms with Crippen molar-refractivity contribution in [1.29, 1.82) is 0 Å². The van der Waals surface area contributed by atoms with Crippen molar-refractivity contribution in [2.45, 2.75) is 4.90 Å². The van der Waals surface area contributed by atoms with Crippen LogP contribution in [0.3, 0.4) is 0 Å². The largest absolute Gasteiger partial charge is 0.267 e. The third kappa shape index (κ3) is 3.17. The van der Waals surface area contributed by atoms with Gasteiger partial charge in [0.15, 0.2) is 0 Å². The minimum atomic E-state index is -4.01. The van der Waals surface area contributed by atoms with E-state index in [9.17, 15) is 8.42 Å². The van der Waals surface area contributed by atoms with Crippen molar-refractivity contribution in [3.8, 4) is 5.69 Å². The van der Waals surface area contributed by atoms with Crippen LogP contribution in [-0.2, 0) is 10.0 Å². The minimum Gasteiger partial charge on any atom is -0.267 e. The van der Waals surface area contributed by atoms with Crippen molar-refractivity contribution < 1.29 is 8.42 Å². The van der Waals surface area contributed by atoms with E-state index in [-0.39, 0.29) is 20.9 Å². The summed E-state index contributed by atoms with van der Waals surface area (Å²) in [6, 6.07) is 13.5. The molecule has 23 heavy (non-hydrogen) atoms. The van der Waals surface area contributed by atoms with Crippen molar-refractivity contribution in [1.82, 2.24) is 14.8 Å². The van der Waals surface area contributed by atoms with Gasteiger partial charge >= 0.3 is 0 Å². The van der Waals surface area contributed by atoms with Gasteiger partial charge in [0, 0.05) is 0 Å². The van der Waals surface area contributed by atoms with Gasteiger partial charge in [0.25, 0.3) is 10.0 Å². The highest BCUT2D eigenvalue weighted by molar-refractivity contribution is 7.93. The van der Waals surface area contributed by atoms with Crippen LogP contribution in [0.15, 0.2) is 59.8 Å². The summed E-state index contributed by atoms with van der Waals surface area (Å²) >= 11 is 11.9. The molecule has 0 aliphatic heterocycles. The molecule has 2 aromatic carbocycles. The lowest BCUT2D eigenvalue weighted by atomic mass is 10.3. The van der Waals surface area contributed by atoms with E-state index in [1.165, 1.54) is 23.0 Å². The molecule has 1 aromatic heterocycles. The highest BCUT2D eigenvalue weighted by atomic mass is 35.5. The van der Waals surface area contributed by atoms with Crippen LogP contribution in [0.25, 0.3) is 5.69 Å². The molecular formula is C14H10Cl2N4O2S. The molecule has 0 saturated heterocycles. The van der Waals surface area contributed by atoms with E-state index in [0.717, 1.165) is 0 Å². The lowest BCUT2D eigenvalue weighted by Gasteiger charge is -2.11. The first-order valence-electron chi connectivity index (χ1n) is 6.41. The van der Waals surface area contributed by atoms with Gasteiger partial charge in [-0.1, -0.05) is 47.5 Å². The second kappa shape index (κ2) is 6.19. The van der Waals surface area contributed by atoms with E-state index >= 15 is 0 Å². The van der Waals surface area contributed by atoms with Crippen LogP contribution in [0.5, 0.6) is 0 Å². The number of para-hydroxylation sites is 1. The fourth-order valence-electron chi connectivity index (χ4n) is 1.99. The van der Waals surface area contributed by atoms with Gasteiger partial charge in [-0.15, -0.1) is 10.2 Å². The first-order valence-corrected chi connectivity index (χ1v) is 8.65. The van der Waals surface area contributed by atoms with Crippen LogP contribution < -0.4 is 4.72 Å². The van der Waals surface area contributed by atoms with E-state index in [1.54, 1.807) is 18.2 Å². The molecule has 9 heteroatoms. The van der Waals surface area contributed by atoms with Crippen LogP contribution >= 0.6 is 23.2 Å². The number of benzene rings is 2. The molecule has 3 aromatic rings. The third-order valence-corrected chi connectivity index (χ3v) is 5.28. The number of aromatic nitrogens is 3. The Morgan fingerprint density at radius 3 is 2.26 bits per heavy atom. The smallest absolute Gasteiger partial charge is 0.267 e. The minimum absolute atomic E-state index is 0.0239. The van der Waals surface area contributed by atoms with Gasteiger partial charge in [-0.2, -0.15) is 0 Å². The Morgan fingerprint density at radius 2 is 1.61 bits per heavy atom. The lowest BCUT2D eigenvalue weighted by molar-refractivity contribution is 0.600. The molecule has 1 N–H and O–H groups in total. The van der Waals surface area contributed by atoms with Gasteiger partial charge in [0.05, 0.1) is 15.7 Å². The molecule has 0 spiro atoms. The molecule has 0 amide bonds. The zero-order chi connectivity index (χ0) is 16.4. The Balaban J connectivity index is 2.02. The molecular weight excluding hydrogens is 359 g/mol. The number of hydrogen-bond donors (Lipinski definition) is 1. The number of rotatable bonds is 4. The first kappa shape index (κ1) is 15.8. The Bertz CT molecular complexity index is 922. The fraction of sp³-hybridized carbons (Fsp3) is 0. The van der Waals surface area contributed by atoms with E-state index in [4.69, 9.17) is 23.2 Å².